The number of pyridine rings is 1. The van der Waals surface area contributed by atoms with Crippen molar-refractivity contribution in [2.75, 3.05) is 31.6 Å². The molecule has 0 fully saturated rings. The van der Waals surface area contributed by atoms with Crippen molar-refractivity contribution in [3.05, 3.63) is 23.1 Å². The van der Waals surface area contributed by atoms with E-state index >= 15 is 0 Å². The maximum Gasteiger partial charge on any atom is 0.167 e. The minimum absolute atomic E-state index is 0.316. The lowest BCUT2D eigenvalue weighted by Gasteiger charge is -2.18. The summed E-state index contributed by atoms with van der Waals surface area (Å²) >= 11 is 5.62. The minimum Gasteiger partial charge on any atom is -0.356 e. The number of nitrogens with one attached hydrogen (secondary N) is 1. The molecule has 0 bridgehead atoms. The quantitative estimate of drug-likeness (QED) is 0.785. The molecule has 5 heteroatoms. The molecule has 15 heavy (non-hydrogen) atoms. The van der Waals surface area contributed by atoms with Gasteiger partial charge in [0.2, 0.25) is 0 Å². The van der Waals surface area contributed by atoms with E-state index < -0.39 is 0 Å². The van der Waals surface area contributed by atoms with Gasteiger partial charge in [0.15, 0.2) is 11.6 Å². The number of rotatable bonds is 5. The zero-order chi connectivity index (χ0) is 11.3. The summed E-state index contributed by atoms with van der Waals surface area (Å²) < 4.78 is 13.4. The van der Waals surface area contributed by atoms with Crippen LogP contribution < -0.4 is 10.2 Å². The van der Waals surface area contributed by atoms with Crippen LogP contribution >= 0.6 is 11.6 Å². The van der Waals surface area contributed by atoms with Gasteiger partial charge in [0.25, 0.3) is 0 Å². The molecule has 0 amide bonds. The number of halogens is 2. The second-order valence-corrected chi connectivity index (χ2v) is 3.67. The van der Waals surface area contributed by atoms with E-state index in [-0.39, 0.29) is 5.82 Å². The Morgan fingerprint density at radius 3 is 2.93 bits per heavy atom. The second-order valence-electron chi connectivity index (χ2n) is 3.23. The fourth-order valence-corrected chi connectivity index (χ4v) is 1.36. The molecule has 1 rings (SSSR count). The van der Waals surface area contributed by atoms with Crippen LogP contribution in [-0.4, -0.2) is 31.7 Å². The van der Waals surface area contributed by atoms with Crippen LogP contribution in [0, 0.1) is 5.82 Å². The Morgan fingerprint density at radius 1 is 1.60 bits per heavy atom. The van der Waals surface area contributed by atoms with Crippen molar-refractivity contribution < 1.29 is 4.39 Å². The Kier molecular flexibility index (Phi) is 4.78. The topological polar surface area (TPSA) is 28.2 Å². The lowest BCUT2D eigenvalue weighted by atomic mass is 10.4. The van der Waals surface area contributed by atoms with Gasteiger partial charge in [-0.05, 0) is 12.6 Å². The highest BCUT2D eigenvalue weighted by Crippen LogP contribution is 2.17. The second kappa shape index (κ2) is 5.88. The molecule has 0 saturated carbocycles. The normalized spacial score (nSPS) is 10.4. The van der Waals surface area contributed by atoms with E-state index in [9.17, 15) is 4.39 Å². The Balaban J connectivity index is 2.61. The Hall–Kier alpha value is -0.870. The molecule has 0 aliphatic carbocycles. The summed E-state index contributed by atoms with van der Waals surface area (Å²) in [6.07, 6.45) is 1.45. The molecular formula is C10H15ClFN3. The van der Waals surface area contributed by atoms with E-state index in [2.05, 4.69) is 10.3 Å². The molecule has 0 aromatic carbocycles. The summed E-state index contributed by atoms with van der Waals surface area (Å²) in [6, 6.07) is 1.27. The molecule has 3 nitrogen and oxygen atoms in total. The van der Waals surface area contributed by atoms with Crippen LogP contribution in [-0.2, 0) is 0 Å². The summed E-state index contributed by atoms with van der Waals surface area (Å²) in [5.74, 6) is -0.0567. The predicted octanol–water partition coefficient (Wildman–Crippen LogP) is 1.92. The van der Waals surface area contributed by atoms with Crippen molar-refractivity contribution in [2.45, 2.75) is 6.92 Å². The van der Waals surface area contributed by atoms with Crippen molar-refractivity contribution >= 4 is 17.4 Å². The third-order valence-corrected chi connectivity index (χ3v) is 2.23. The SMILES string of the molecule is CCNCCN(C)c1ncc(Cl)cc1F. The van der Waals surface area contributed by atoms with Crippen LogP contribution in [0.25, 0.3) is 0 Å². The molecule has 1 N–H and O–H groups in total. The molecule has 0 spiro atoms. The van der Waals surface area contributed by atoms with Gasteiger partial charge in [-0.25, -0.2) is 9.37 Å². The summed E-state index contributed by atoms with van der Waals surface area (Å²) in [7, 11) is 1.80. The molecule has 1 aromatic rings. The summed E-state index contributed by atoms with van der Waals surface area (Å²) in [6.45, 7) is 4.45. The lowest BCUT2D eigenvalue weighted by Crippen LogP contribution is -2.30. The third kappa shape index (κ3) is 3.64. The zero-order valence-corrected chi connectivity index (χ0v) is 9.68. The smallest absolute Gasteiger partial charge is 0.167 e. The molecule has 0 aliphatic heterocycles. The maximum absolute atomic E-state index is 13.4. The van der Waals surface area contributed by atoms with E-state index in [0.29, 0.717) is 17.4 Å². The first-order chi connectivity index (χ1) is 7.15. The largest absolute Gasteiger partial charge is 0.356 e. The van der Waals surface area contributed by atoms with Gasteiger partial charge in [-0.1, -0.05) is 18.5 Å². The molecule has 84 valence electrons. The summed E-state index contributed by atoms with van der Waals surface area (Å²) in [5, 5.41) is 3.48. The van der Waals surface area contributed by atoms with Gasteiger partial charge >= 0.3 is 0 Å². The van der Waals surface area contributed by atoms with Gasteiger partial charge in [-0.3, -0.25) is 0 Å². The Bertz CT molecular complexity index is 320. The third-order valence-electron chi connectivity index (χ3n) is 2.02. The fourth-order valence-electron chi connectivity index (χ4n) is 1.22. The molecule has 1 heterocycles. The van der Waals surface area contributed by atoms with Gasteiger partial charge in [-0.15, -0.1) is 0 Å². The van der Waals surface area contributed by atoms with Crippen molar-refractivity contribution in [3.63, 3.8) is 0 Å². The van der Waals surface area contributed by atoms with Crippen LogP contribution in [0.1, 0.15) is 6.92 Å². The van der Waals surface area contributed by atoms with E-state index in [4.69, 9.17) is 11.6 Å². The molecule has 0 radical (unpaired) electrons. The minimum atomic E-state index is -0.388. The van der Waals surface area contributed by atoms with Crippen LogP contribution in [0.3, 0.4) is 0 Å². The first-order valence-corrected chi connectivity index (χ1v) is 5.26. The Morgan fingerprint density at radius 2 is 2.33 bits per heavy atom. The first-order valence-electron chi connectivity index (χ1n) is 4.88. The van der Waals surface area contributed by atoms with Gasteiger partial charge in [0.1, 0.15) is 0 Å². The van der Waals surface area contributed by atoms with E-state index in [0.717, 1.165) is 13.1 Å². The molecule has 1 aromatic heterocycles. The fraction of sp³-hybridized carbons (Fsp3) is 0.500. The van der Waals surface area contributed by atoms with E-state index in [1.54, 1.807) is 11.9 Å². The van der Waals surface area contributed by atoms with Crippen molar-refractivity contribution in [3.8, 4) is 0 Å². The molecule has 0 unspecified atom stereocenters. The number of aromatic nitrogens is 1. The summed E-state index contributed by atoms with van der Waals surface area (Å²) in [5.41, 5.74) is 0. The van der Waals surface area contributed by atoms with E-state index in [1.165, 1.54) is 12.3 Å². The number of anilines is 1. The van der Waals surface area contributed by atoms with Crippen molar-refractivity contribution in [2.24, 2.45) is 0 Å². The van der Waals surface area contributed by atoms with Gasteiger partial charge in [-0.2, -0.15) is 0 Å². The maximum atomic E-state index is 13.4. The van der Waals surface area contributed by atoms with Gasteiger partial charge in [0.05, 0.1) is 5.02 Å². The highest BCUT2D eigenvalue weighted by atomic mass is 35.5. The first kappa shape index (κ1) is 12.2. The van der Waals surface area contributed by atoms with Crippen LogP contribution in [0.5, 0.6) is 0 Å². The van der Waals surface area contributed by atoms with Crippen molar-refractivity contribution in [1.82, 2.24) is 10.3 Å². The van der Waals surface area contributed by atoms with E-state index in [1.807, 2.05) is 6.92 Å². The average molecular weight is 232 g/mol. The van der Waals surface area contributed by atoms with Crippen LogP contribution in [0.15, 0.2) is 12.3 Å². The summed E-state index contributed by atoms with van der Waals surface area (Å²) in [4.78, 5) is 5.71. The number of nitrogens with zero attached hydrogens (tertiary/aromatic N) is 2. The average Bonchev–Trinajstić information content (AvgIpc) is 2.17. The molecule has 0 atom stereocenters. The van der Waals surface area contributed by atoms with Gasteiger partial charge in [0, 0.05) is 26.3 Å². The van der Waals surface area contributed by atoms with Crippen molar-refractivity contribution in [1.29, 1.82) is 0 Å². The number of likely N-dealkylation sites (N-methyl/N-ethyl adjacent to an activating group) is 2. The molecule has 0 saturated heterocycles. The van der Waals surface area contributed by atoms with Crippen LogP contribution in [0.2, 0.25) is 5.02 Å². The van der Waals surface area contributed by atoms with Crippen LogP contribution in [0.4, 0.5) is 10.2 Å². The zero-order valence-electron chi connectivity index (χ0n) is 8.93. The standard InChI is InChI=1S/C10H15ClFN3/c1-3-13-4-5-15(2)10-9(12)6-8(11)7-14-10/h6-7,13H,3-5H2,1-2H3. The number of hydrogen-bond donors (Lipinski definition) is 1. The van der Waals surface area contributed by atoms with Gasteiger partial charge < -0.3 is 10.2 Å². The molecule has 0 aliphatic rings. The lowest BCUT2D eigenvalue weighted by molar-refractivity contribution is 0.610. The predicted molar refractivity (Wildman–Crippen MR) is 61.0 cm³/mol. The molecular weight excluding hydrogens is 217 g/mol. The Labute approximate surface area is 94.3 Å². The highest BCUT2D eigenvalue weighted by Gasteiger charge is 2.08. The number of hydrogen-bond acceptors (Lipinski definition) is 3. The monoisotopic (exact) mass is 231 g/mol. The highest BCUT2D eigenvalue weighted by molar-refractivity contribution is 6.30.